The van der Waals surface area contributed by atoms with Crippen molar-refractivity contribution in [1.29, 1.82) is 0 Å². The van der Waals surface area contributed by atoms with Crippen LogP contribution in [-0.4, -0.2) is 28.3 Å². The number of hydrogen-bond acceptors (Lipinski definition) is 5. The summed E-state index contributed by atoms with van der Waals surface area (Å²) in [7, 11) is 1.47. The summed E-state index contributed by atoms with van der Waals surface area (Å²) in [6, 6.07) is 13.2. The van der Waals surface area contributed by atoms with E-state index < -0.39 is 17.7 Å². The minimum absolute atomic E-state index is 0.0238. The predicted octanol–water partition coefficient (Wildman–Crippen LogP) is 5.67. The summed E-state index contributed by atoms with van der Waals surface area (Å²) < 4.78 is 26.1. The molecule has 3 aromatic rings. The van der Waals surface area contributed by atoms with Crippen molar-refractivity contribution in [2.75, 3.05) is 7.11 Å². The Bertz CT molecular complexity index is 1290. The van der Waals surface area contributed by atoms with E-state index in [1.165, 1.54) is 13.2 Å². The third kappa shape index (κ3) is 4.67. The maximum absolute atomic E-state index is 14.5. The molecule has 2 aromatic carbocycles. The van der Waals surface area contributed by atoms with Gasteiger partial charge in [0.1, 0.15) is 17.7 Å². The monoisotopic (exact) mass is 491 g/mol. The average Bonchev–Trinajstić information content (AvgIpc) is 3.73. The van der Waals surface area contributed by atoms with Crippen LogP contribution in [-0.2, 0) is 17.8 Å². The SMILES string of the molecule is COc1cc(-c2ccc(C3CCc4ccc([C@H](C5CC5)[C@H](C)C(=O)O)cc4O3)cc2CO)c(F)cn1. The molecule has 1 fully saturated rings. The number of aliphatic carboxylic acids is 1. The highest BCUT2D eigenvalue weighted by molar-refractivity contribution is 5.71. The van der Waals surface area contributed by atoms with Crippen LogP contribution in [0.1, 0.15) is 60.5 Å². The Hall–Kier alpha value is -3.45. The highest BCUT2D eigenvalue weighted by Crippen LogP contribution is 2.48. The molecule has 188 valence electrons. The fourth-order valence-corrected chi connectivity index (χ4v) is 5.35. The van der Waals surface area contributed by atoms with Gasteiger partial charge in [-0.3, -0.25) is 4.79 Å². The number of methoxy groups -OCH3 is 1. The standard InChI is InChI=1S/C29H30FNO5/c1-16(29(33)34)28(18-4-5-18)20-6-3-17-8-10-25(36-26(17)12-20)19-7-9-22(21(11-19)15-32)23-13-27(35-2)31-14-24(23)30/h3,6-7,9,11-14,16,18,25,28,32H,4-5,8,10,15H2,1-2H3,(H,33,34)/t16-,25?,28-/m0/s1. The lowest BCUT2D eigenvalue weighted by Crippen LogP contribution is -2.21. The van der Waals surface area contributed by atoms with Crippen LogP contribution in [0, 0.1) is 17.7 Å². The molecule has 0 amide bonds. The Morgan fingerprint density at radius 1 is 1.17 bits per heavy atom. The molecule has 0 bridgehead atoms. The summed E-state index contributed by atoms with van der Waals surface area (Å²) in [6.45, 7) is 1.53. The first-order chi connectivity index (χ1) is 17.4. The lowest BCUT2D eigenvalue weighted by molar-refractivity contribution is -0.142. The molecule has 1 aromatic heterocycles. The number of aromatic nitrogens is 1. The van der Waals surface area contributed by atoms with Gasteiger partial charge in [0.2, 0.25) is 5.88 Å². The van der Waals surface area contributed by atoms with E-state index >= 15 is 0 Å². The smallest absolute Gasteiger partial charge is 0.306 e. The molecule has 36 heavy (non-hydrogen) atoms. The molecule has 0 spiro atoms. The number of aliphatic hydroxyl groups is 1. The number of aliphatic hydroxyl groups excluding tert-OH is 1. The van der Waals surface area contributed by atoms with Gasteiger partial charge in [-0.25, -0.2) is 9.37 Å². The zero-order chi connectivity index (χ0) is 25.4. The van der Waals surface area contributed by atoms with Gasteiger partial charge in [-0.2, -0.15) is 0 Å². The highest BCUT2D eigenvalue weighted by Gasteiger charge is 2.39. The number of pyridine rings is 1. The molecule has 1 aliphatic carbocycles. The summed E-state index contributed by atoms with van der Waals surface area (Å²) in [5.41, 5.74) is 4.51. The third-order valence-electron chi connectivity index (χ3n) is 7.48. The van der Waals surface area contributed by atoms with E-state index in [0.717, 1.165) is 54.3 Å². The normalized spacial score (nSPS) is 18.6. The second-order valence-electron chi connectivity index (χ2n) is 9.78. The van der Waals surface area contributed by atoms with Crippen LogP contribution >= 0.6 is 0 Å². The zero-order valence-corrected chi connectivity index (χ0v) is 20.4. The van der Waals surface area contributed by atoms with Crippen molar-refractivity contribution < 1.29 is 28.9 Å². The number of fused-ring (bicyclic) bond motifs is 1. The molecule has 5 rings (SSSR count). The van der Waals surface area contributed by atoms with Gasteiger partial charge >= 0.3 is 5.97 Å². The second-order valence-corrected chi connectivity index (χ2v) is 9.78. The van der Waals surface area contributed by atoms with Crippen LogP contribution in [0.2, 0.25) is 0 Å². The third-order valence-corrected chi connectivity index (χ3v) is 7.48. The van der Waals surface area contributed by atoms with Gasteiger partial charge in [0.05, 0.1) is 25.8 Å². The first-order valence-corrected chi connectivity index (χ1v) is 12.4. The topological polar surface area (TPSA) is 88.9 Å². The molecule has 1 aliphatic heterocycles. The number of halogens is 1. The quantitative estimate of drug-likeness (QED) is 0.422. The Labute approximate surface area is 209 Å². The minimum atomic E-state index is -0.775. The number of aryl methyl sites for hydroxylation is 1. The van der Waals surface area contributed by atoms with Crippen molar-refractivity contribution in [2.24, 2.45) is 11.8 Å². The summed E-state index contributed by atoms with van der Waals surface area (Å²) in [4.78, 5) is 15.6. The molecule has 2 N–H and O–H groups in total. The van der Waals surface area contributed by atoms with Gasteiger partial charge in [-0.15, -0.1) is 0 Å². The van der Waals surface area contributed by atoms with E-state index in [1.807, 2.05) is 18.2 Å². The maximum Gasteiger partial charge on any atom is 0.306 e. The van der Waals surface area contributed by atoms with E-state index in [-0.39, 0.29) is 18.6 Å². The Morgan fingerprint density at radius 3 is 2.67 bits per heavy atom. The largest absolute Gasteiger partial charge is 0.485 e. The van der Waals surface area contributed by atoms with Crippen molar-refractivity contribution in [2.45, 2.75) is 51.2 Å². The van der Waals surface area contributed by atoms with Crippen LogP contribution in [0.3, 0.4) is 0 Å². The van der Waals surface area contributed by atoms with Crippen molar-refractivity contribution in [3.63, 3.8) is 0 Å². The molecule has 6 nitrogen and oxygen atoms in total. The average molecular weight is 492 g/mol. The van der Waals surface area contributed by atoms with Crippen LogP contribution in [0.5, 0.6) is 11.6 Å². The van der Waals surface area contributed by atoms with E-state index in [4.69, 9.17) is 9.47 Å². The lowest BCUT2D eigenvalue weighted by Gasteiger charge is -2.29. The van der Waals surface area contributed by atoms with Crippen LogP contribution in [0.4, 0.5) is 4.39 Å². The maximum atomic E-state index is 14.5. The van der Waals surface area contributed by atoms with Gasteiger partial charge in [-0.05, 0) is 77.5 Å². The van der Waals surface area contributed by atoms with E-state index in [2.05, 4.69) is 17.1 Å². The van der Waals surface area contributed by atoms with Gasteiger partial charge < -0.3 is 19.7 Å². The van der Waals surface area contributed by atoms with Crippen molar-refractivity contribution in [1.82, 2.24) is 4.98 Å². The minimum Gasteiger partial charge on any atom is -0.485 e. The molecule has 0 saturated heterocycles. The summed E-state index contributed by atoms with van der Waals surface area (Å²) in [5.74, 6) is -0.264. The number of ether oxygens (including phenoxy) is 2. The van der Waals surface area contributed by atoms with Crippen LogP contribution < -0.4 is 9.47 Å². The van der Waals surface area contributed by atoms with Crippen LogP contribution in [0.15, 0.2) is 48.7 Å². The van der Waals surface area contributed by atoms with Crippen molar-refractivity contribution in [3.05, 3.63) is 76.7 Å². The number of benzene rings is 2. The molecular formula is C29H30FNO5. The fraction of sp³-hybridized carbons (Fsp3) is 0.379. The Balaban J connectivity index is 1.43. The Kier molecular flexibility index (Phi) is 6.67. The molecule has 1 saturated carbocycles. The molecule has 2 heterocycles. The molecular weight excluding hydrogens is 461 g/mol. The van der Waals surface area contributed by atoms with Gasteiger partial charge in [0.25, 0.3) is 0 Å². The number of hydrogen-bond donors (Lipinski definition) is 2. The summed E-state index contributed by atoms with van der Waals surface area (Å²) in [6.07, 6.45) is 4.61. The number of carboxylic acid groups (broad SMARTS) is 1. The fourth-order valence-electron chi connectivity index (χ4n) is 5.35. The predicted molar refractivity (Wildman–Crippen MR) is 133 cm³/mol. The Morgan fingerprint density at radius 2 is 1.97 bits per heavy atom. The van der Waals surface area contributed by atoms with Gasteiger partial charge in [-0.1, -0.05) is 31.2 Å². The summed E-state index contributed by atoms with van der Waals surface area (Å²) in [5, 5.41) is 19.7. The summed E-state index contributed by atoms with van der Waals surface area (Å²) >= 11 is 0. The molecule has 2 aliphatic rings. The molecule has 0 radical (unpaired) electrons. The van der Waals surface area contributed by atoms with E-state index in [9.17, 15) is 19.4 Å². The number of carboxylic acids is 1. The van der Waals surface area contributed by atoms with Crippen molar-refractivity contribution in [3.8, 4) is 22.8 Å². The molecule has 3 atom stereocenters. The molecule has 1 unspecified atom stereocenters. The van der Waals surface area contributed by atoms with Gasteiger partial charge in [0.15, 0.2) is 0 Å². The number of carbonyl (C=O) groups is 1. The zero-order valence-electron chi connectivity index (χ0n) is 20.4. The molecule has 7 heteroatoms. The first-order valence-electron chi connectivity index (χ1n) is 12.4. The van der Waals surface area contributed by atoms with Crippen LogP contribution in [0.25, 0.3) is 11.1 Å². The van der Waals surface area contributed by atoms with E-state index in [1.54, 1.807) is 13.0 Å². The highest BCUT2D eigenvalue weighted by atomic mass is 19.1. The number of rotatable bonds is 8. The number of nitrogens with zero attached hydrogens (tertiary/aromatic N) is 1. The first kappa shape index (κ1) is 24.3. The van der Waals surface area contributed by atoms with Crippen molar-refractivity contribution >= 4 is 5.97 Å². The second kappa shape index (κ2) is 9.90. The lowest BCUT2D eigenvalue weighted by atomic mass is 9.82. The van der Waals surface area contributed by atoms with Gasteiger partial charge in [0, 0.05) is 11.6 Å². The van der Waals surface area contributed by atoms with E-state index in [0.29, 0.717) is 28.5 Å².